The fraction of sp³-hybridized carbons (Fsp3) is 0.102. The zero-order valence-corrected chi connectivity index (χ0v) is 28.7. The molecule has 1 spiro atoms. The van der Waals surface area contributed by atoms with Crippen LogP contribution in [0, 0.1) is 5.92 Å². The molecule has 1 unspecified atom stereocenters. The van der Waals surface area contributed by atoms with Gasteiger partial charge in [-0.3, -0.25) is 0 Å². The van der Waals surface area contributed by atoms with Crippen LogP contribution < -0.4 is 4.90 Å². The lowest BCUT2D eigenvalue weighted by atomic mass is 9.84. The number of anilines is 2. The molecule has 0 bridgehead atoms. The maximum Gasteiger partial charge on any atom is 0.0541 e. The van der Waals surface area contributed by atoms with Crippen LogP contribution in [0.4, 0.5) is 11.4 Å². The van der Waals surface area contributed by atoms with Gasteiger partial charge in [-0.05, 0) is 109 Å². The van der Waals surface area contributed by atoms with E-state index in [1.54, 1.807) is 0 Å². The summed E-state index contributed by atoms with van der Waals surface area (Å²) in [5.74, 6) is 0.411. The van der Waals surface area contributed by atoms with E-state index in [4.69, 9.17) is 0 Å². The number of para-hydroxylation sites is 4. The van der Waals surface area contributed by atoms with Crippen molar-refractivity contribution in [3.05, 3.63) is 192 Å². The first-order valence-electron chi connectivity index (χ1n) is 18.6. The van der Waals surface area contributed by atoms with Crippen molar-refractivity contribution in [2.75, 3.05) is 4.90 Å². The van der Waals surface area contributed by atoms with Gasteiger partial charge in [-0.15, -0.1) is 0 Å². The van der Waals surface area contributed by atoms with E-state index in [-0.39, 0.29) is 5.41 Å². The lowest BCUT2D eigenvalue weighted by Gasteiger charge is -2.26. The minimum Gasteiger partial charge on any atom is -0.313 e. The average Bonchev–Trinajstić information content (AvgIpc) is 3.65. The SMILES string of the molecule is C1=Cc2c(n(-c3ccccc3)c3ccc(C4=CC=C5N(c6ccccc6)c6ccc(-n7c8ccccc8c8ccccc87)cc6C56C[C@H]46)cc23)CC1. The molecule has 0 radical (unpaired) electrons. The first kappa shape index (κ1) is 28.4. The van der Waals surface area contributed by atoms with Gasteiger partial charge in [0.05, 0.1) is 22.2 Å². The Labute approximate surface area is 302 Å². The number of allylic oxidation sites excluding steroid dienone is 5. The quantitative estimate of drug-likeness (QED) is 0.182. The molecule has 12 rings (SSSR count). The van der Waals surface area contributed by atoms with Crippen LogP contribution in [0.2, 0.25) is 0 Å². The molecule has 0 N–H and O–H groups in total. The zero-order chi connectivity index (χ0) is 34.0. The Morgan fingerprint density at radius 1 is 0.558 bits per heavy atom. The topological polar surface area (TPSA) is 13.1 Å². The third-order valence-corrected chi connectivity index (χ3v) is 12.3. The number of aromatic nitrogens is 2. The Morgan fingerprint density at radius 2 is 1.25 bits per heavy atom. The van der Waals surface area contributed by atoms with Crippen molar-refractivity contribution < 1.29 is 0 Å². The molecule has 6 aromatic carbocycles. The Kier molecular flexibility index (Phi) is 5.66. The maximum atomic E-state index is 2.53. The van der Waals surface area contributed by atoms with Crippen LogP contribution >= 0.6 is 0 Å². The molecule has 1 aliphatic heterocycles. The smallest absolute Gasteiger partial charge is 0.0541 e. The second-order valence-electron chi connectivity index (χ2n) is 14.8. The summed E-state index contributed by atoms with van der Waals surface area (Å²) in [7, 11) is 0. The highest BCUT2D eigenvalue weighted by molar-refractivity contribution is 6.09. The summed E-state index contributed by atoms with van der Waals surface area (Å²) in [6, 6.07) is 53.9. The summed E-state index contributed by atoms with van der Waals surface area (Å²) in [5, 5.41) is 3.94. The lowest BCUT2D eigenvalue weighted by molar-refractivity contribution is 0.791. The van der Waals surface area contributed by atoms with E-state index >= 15 is 0 Å². The third-order valence-electron chi connectivity index (χ3n) is 12.3. The van der Waals surface area contributed by atoms with Gasteiger partial charge in [-0.1, -0.05) is 97.1 Å². The number of benzene rings is 6. The van der Waals surface area contributed by atoms with Crippen LogP contribution in [0.25, 0.3) is 55.7 Å². The van der Waals surface area contributed by atoms with E-state index in [2.05, 4.69) is 184 Å². The molecule has 1 saturated carbocycles. The second-order valence-corrected chi connectivity index (χ2v) is 14.8. The summed E-state index contributed by atoms with van der Waals surface area (Å²) < 4.78 is 4.96. The maximum absolute atomic E-state index is 2.53. The molecule has 8 aromatic rings. The van der Waals surface area contributed by atoms with Crippen LogP contribution in [0.5, 0.6) is 0 Å². The van der Waals surface area contributed by atoms with Gasteiger partial charge in [-0.25, -0.2) is 0 Å². The van der Waals surface area contributed by atoms with Crippen molar-refractivity contribution in [2.45, 2.75) is 24.7 Å². The van der Waals surface area contributed by atoms with E-state index in [9.17, 15) is 0 Å². The first-order chi connectivity index (χ1) is 25.8. The number of hydrogen-bond acceptors (Lipinski definition) is 1. The Balaban J connectivity index is 1.04. The summed E-state index contributed by atoms with van der Waals surface area (Å²) in [4.78, 5) is 2.53. The first-order valence-corrected chi connectivity index (χ1v) is 18.6. The zero-order valence-electron chi connectivity index (χ0n) is 28.7. The standard InChI is InChI=1S/C49H35N3/c1-3-13-33(14-4-1)50-45-22-12-9-19-39(45)40-29-32(23-26-46(40)50)36-25-28-48-49(31-42(36)49)41-30-35(24-27-47(41)52(48)34-15-5-2-6-16-34)51-43-20-10-7-17-37(43)38-18-8-11-21-44(38)51/h1-11,13-21,23-30,42H,12,22,31H2/t42-,49?/m1/s1. The Bertz CT molecular complexity index is 2830. The largest absolute Gasteiger partial charge is 0.313 e. The normalized spacial score (nSPS) is 19.7. The van der Waals surface area contributed by atoms with Crippen LogP contribution in [0.15, 0.2) is 170 Å². The van der Waals surface area contributed by atoms with E-state index in [1.165, 1.54) is 89.1 Å². The molecule has 3 aliphatic carbocycles. The van der Waals surface area contributed by atoms with E-state index in [1.807, 2.05) is 0 Å². The van der Waals surface area contributed by atoms with Gasteiger partial charge in [0.1, 0.15) is 0 Å². The molecule has 2 aromatic heterocycles. The van der Waals surface area contributed by atoms with Crippen LogP contribution in [-0.2, 0) is 11.8 Å². The summed E-state index contributed by atoms with van der Waals surface area (Å²) in [6.45, 7) is 0. The van der Waals surface area contributed by atoms with Crippen molar-refractivity contribution in [3.8, 4) is 11.4 Å². The van der Waals surface area contributed by atoms with E-state index in [0.29, 0.717) is 5.92 Å². The number of hydrogen-bond donors (Lipinski definition) is 0. The monoisotopic (exact) mass is 665 g/mol. The van der Waals surface area contributed by atoms with Gasteiger partial charge < -0.3 is 14.0 Å². The molecule has 246 valence electrons. The molecule has 3 nitrogen and oxygen atoms in total. The molecular weight excluding hydrogens is 631 g/mol. The summed E-state index contributed by atoms with van der Waals surface area (Å²) in [5.41, 5.74) is 17.2. The number of fused-ring (bicyclic) bond motifs is 7. The molecular formula is C49H35N3. The molecule has 2 atom stereocenters. The second kappa shape index (κ2) is 10.4. The van der Waals surface area contributed by atoms with Crippen molar-refractivity contribution in [3.63, 3.8) is 0 Å². The van der Waals surface area contributed by atoms with Crippen LogP contribution in [0.1, 0.15) is 35.2 Å². The summed E-state index contributed by atoms with van der Waals surface area (Å²) >= 11 is 0. The minimum atomic E-state index is -0.0612. The fourth-order valence-corrected chi connectivity index (χ4v) is 10.0. The highest BCUT2D eigenvalue weighted by Crippen LogP contribution is 2.72. The predicted octanol–water partition coefficient (Wildman–Crippen LogP) is 12.1. The predicted molar refractivity (Wildman–Crippen MR) is 216 cm³/mol. The van der Waals surface area contributed by atoms with Crippen LogP contribution in [-0.4, -0.2) is 9.13 Å². The van der Waals surface area contributed by atoms with E-state index < -0.39 is 0 Å². The molecule has 4 aliphatic rings. The number of nitrogens with zero attached hydrogens (tertiary/aromatic N) is 3. The lowest BCUT2D eigenvalue weighted by Crippen LogP contribution is -2.20. The van der Waals surface area contributed by atoms with Crippen molar-refractivity contribution in [2.24, 2.45) is 5.92 Å². The minimum absolute atomic E-state index is 0.0612. The molecule has 52 heavy (non-hydrogen) atoms. The average molecular weight is 666 g/mol. The van der Waals surface area contributed by atoms with Crippen molar-refractivity contribution in [1.82, 2.24) is 9.13 Å². The molecule has 1 fully saturated rings. The van der Waals surface area contributed by atoms with Crippen LogP contribution in [0.3, 0.4) is 0 Å². The highest BCUT2D eigenvalue weighted by atomic mass is 15.2. The molecule has 0 amide bonds. The Hall–Kier alpha value is -6.32. The summed E-state index contributed by atoms with van der Waals surface area (Å²) in [6.07, 6.45) is 12.8. The van der Waals surface area contributed by atoms with Gasteiger partial charge in [0.2, 0.25) is 0 Å². The molecule has 3 heteroatoms. The Morgan fingerprint density at radius 3 is 2.02 bits per heavy atom. The highest BCUT2D eigenvalue weighted by Gasteiger charge is 2.66. The van der Waals surface area contributed by atoms with Gasteiger partial charge in [0.15, 0.2) is 0 Å². The van der Waals surface area contributed by atoms with Crippen molar-refractivity contribution in [1.29, 1.82) is 0 Å². The number of rotatable bonds is 4. The fourth-order valence-electron chi connectivity index (χ4n) is 10.0. The van der Waals surface area contributed by atoms with Gasteiger partial charge in [-0.2, -0.15) is 0 Å². The third kappa shape index (κ3) is 3.70. The van der Waals surface area contributed by atoms with Crippen molar-refractivity contribution >= 4 is 55.7 Å². The van der Waals surface area contributed by atoms with E-state index in [0.717, 1.165) is 19.3 Å². The molecule has 0 saturated heterocycles. The van der Waals surface area contributed by atoms with Gasteiger partial charge >= 0.3 is 0 Å². The van der Waals surface area contributed by atoms with Gasteiger partial charge in [0.25, 0.3) is 0 Å². The molecule has 3 heterocycles. The van der Waals surface area contributed by atoms with Gasteiger partial charge in [0, 0.05) is 61.5 Å².